The number of fused-ring (bicyclic) bond motifs is 2. The summed E-state index contributed by atoms with van der Waals surface area (Å²) in [6.07, 6.45) is 0.935. The Morgan fingerprint density at radius 1 is 0.792 bits per heavy atom. The van der Waals surface area contributed by atoms with Crippen molar-refractivity contribution in [1.82, 2.24) is 0 Å². The van der Waals surface area contributed by atoms with Gasteiger partial charge < -0.3 is 4.42 Å². The highest BCUT2D eigenvalue weighted by molar-refractivity contribution is 5.84. The SMILES string of the molecule is Cc1cc(C)c(N2c3ccc(C)cc3Cc3cc(C)oc32)c(C)c1. The van der Waals surface area contributed by atoms with Gasteiger partial charge in [-0.1, -0.05) is 35.4 Å². The molecule has 0 bridgehead atoms. The minimum Gasteiger partial charge on any atom is -0.445 e. The molecule has 24 heavy (non-hydrogen) atoms. The van der Waals surface area contributed by atoms with Crippen LogP contribution < -0.4 is 4.90 Å². The predicted octanol–water partition coefficient (Wildman–Crippen LogP) is 6.20. The fourth-order valence-electron chi connectivity index (χ4n) is 4.01. The molecule has 0 aliphatic carbocycles. The number of furan rings is 1. The number of hydrogen-bond acceptors (Lipinski definition) is 2. The first-order valence-electron chi connectivity index (χ1n) is 8.51. The Morgan fingerprint density at radius 2 is 1.50 bits per heavy atom. The van der Waals surface area contributed by atoms with Crippen LogP contribution in [-0.4, -0.2) is 0 Å². The number of hydrogen-bond donors (Lipinski definition) is 0. The van der Waals surface area contributed by atoms with Crippen molar-refractivity contribution in [2.24, 2.45) is 0 Å². The molecule has 0 saturated heterocycles. The number of benzene rings is 2. The predicted molar refractivity (Wildman–Crippen MR) is 99.9 cm³/mol. The summed E-state index contributed by atoms with van der Waals surface area (Å²) in [7, 11) is 0. The van der Waals surface area contributed by atoms with E-state index in [9.17, 15) is 0 Å². The second-order valence-corrected chi connectivity index (χ2v) is 7.08. The van der Waals surface area contributed by atoms with Crippen LogP contribution in [0.25, 0.3) is 0 Å². The molecule has 0 N–H and O–H groups in total. The maximum atomic E-state index is 6.13. The van der Waals surface area contributed by atoms with E-state index >= 15 is 0 Å². The Labute approximate surface area is 143 Å². The van der Waals surface area contributed by atoms with Gasteiger partial charge in [-0.15, -0.1) is 0 Å². The molecular formula is C22H23NO. The van der Waals surface area contributed by atoms with Gasteiger partial charge in [0.25, 0.3) is 0 Å². The van der Waals surface area contributed by atoms with Gasteiger partial charge >= 0.3 is 0 Å². The zero-order valence-corrected chi connectivity index (χ0v) is 15.0. The van der Waals surface area contributed by atoms with E-state index in [0.29, 0.717) is 0 Å². The molecule has 0 unspecified atom stereocenters. The summed E-state index contributed by atoms with van der Waals surface area (Å²) in [6.45, 7) is 10.7. The lowest BCUT2D eigenvalue weighted by Crippen LogP contribution is -2.19. The van der Waals surface area contributed by atoms with Crippen LogP contribution in [-0.2, 0) is 6.42 Å². The molecule has 1 aliphatic rings. The van der Waals surface area contributed by atoms with Crippen LogP contribution in [0.2, 0.25) is 0 Å². The van der Waals surface area contributed by atoms with Crippen LogP contribution in [0.3, 0.4) is 0 Å². The van der Waals surface area contributed by atoms with Crippen LogP contribution in [0.15, 0.2) is 40.8 Å². The molecule has 2 aromatic carbocycles. The number of anilines is 3. The van der Waals surface area contributed by atoms with Gasteiger partial charge in [0.1, 0.15) is 5.76 Å². The van der Waals surface area contributed by atoms with E-state index in [0.717, 1.165) is 18.1 Å². The lowest BCUT2D eigenvalue weighted by Gasteiger charge is -2.32. The van der Waals surface area contributed by atoms with E-state index in [2.05, 4.69) is 69.0 Å². The highest BCUT2D eigenvalue weighted by atomic mass is 16.4. The lowest BCUT2D eigenvalue weighted by molar-refractivity contribution is 0.537. The highest BCUT2D eigenvalue weighted by Crippen LogP contribution is 2.47. The molecule has 0 radical (unpaired) electrons. The Kier molecular flexibility index (Phi) is 3.31. The highest BCUT2D eigenvalue weighted by Gasteiger charge is 2.29. The van der Waals surface area contributed by atoms with Gasteiger partial charge in [0.2, 0.25) is 5.88 Å². The normalized spacial score (nSPS) is 13.0. The average Bonchev–Trinajstić information content (AvgIpc) is 2.85. The quantitative estimate of drug-likeness (QED) is 0.416. The topological polar surface area (TPSA) is 16.4 Å². The maximum Gasteiger partial charge on any atom is 0.208 e. The number of aryl methyl sites for hydroxylation is 5. The molecule has 0 amide bonds. The first-order valence-corrected chi connectivity index (χ1v) is 8.51. The van der Waals surface area contributed by atoms with Crippen molar-refractivity contribution in [2.45, 2.75) is 41.0 Å². The summed E-state index contributed by atoms with van der Waals surface area (Å²) in [5, 5.41) is 0. The Balaban J connectivity index is 2.02. The smallest absolute Gasteiger partial charge is 0.208 e. The van der Waals surface area contributed by atoms with Crippen LogP contribution in [0.4, 0.5) is 17.3 Å². The van der Waals surface area contributed by atoms with E-state index < -0.39 is 0 Å². The molecular weight excluding hydrogens is 294 g/mol. The van der Waals surface area contributed by atoms with E-state index in [1.165, 1.54) is 44.8 Å². The first kappa shape index (κ1) is 15.1. The van der Waals surface area contributed by atoms with Crippen LogP contribution in [0, 0.1) is 34.6 Å². The Morgan fingerprint density at radius 3 is 2.21 bits per heavy atom. The molecule has 0 saturated carbocycles. The lowest BCUT2D eigenvalue weighted by atomic mass is 9.95. The van der Waals surface area contributed by atoms with E-state index in [-0.39, 0.29) is 0 Å². The third kappa shape index (κ3) is 2.25. The zero-order chi connectivity index (χ0) is 17.0. The van der Waals surface area contributed by atoms with E-state index in [1.807, 2.05) is 6.92 Å². The van der Waals surface area contributed by atoms with Gasteiger partial charge in [0, 0.05) is 12.0 Å². The fourth-order valence-corrected chi connectivity index (χ4v) is 4.01. The van der Waals surface area contributed by atoms with Crippen molar-refractivity contribution in [3.8, 4) is 0 Å². The Bertz CT molecular complexity index is 926. The van der Waals surface area contributed by atoms with Crippen LogP contribution in [0.1, 0.15) is 39.1 Å². The molecule has 4 rings (SSSR count). The van der Waals surface area contributed by atoms with Gasteiger partial charge in [-0.2, -0.15) is 0 Å². The third-order valence-electron chi connectivity index (χ3n) is 4.83. The summed E-state index contributed by atoms with van der Waals surface area (Å²) >= 11 is 0. The summed E-state index contributed by atoms with van der Waals surface area (Å²) in [4.78, 5) is 2.31. The molecule has 3 aromatic rings. The summed E-state index contributed by atoms with van der Waals surface area (Å²) < 4.78 is 6.13. The van der Waals surface area contributed by atoms with Gasteiger partial charge in [0.05, 0.1) is 11.4 Å². The van der Waals surface area contributed by atoms with Crippen molar-refractivity contribution in [3.05, 3.63) is 75.5 Å². The average molecular weight is 317 g/mol. The summed E-state index contributed by atoms with van der Waals surface area (Å²) in [5.74, 6) is 1.94. The summed E-state index contributed by atoms with van der Waals surface area (Å²) in [5.41, 5.74) is 10.3. The van der Waals surface area contributed by atoms with Crippen molar-refractivity contribution in [3.63, 3.8) is 0 Å². The van der Waals surface area contributed by atoms with Crippen molar-refractivity contribution < 1.29 is 4.42 Å². The van der Waals surface area contributed by atoms with Gasteiger partial charge in [-0.25, -0.2) is 0 Å². The van der Waals surface area contributed by atoms with Gasteiger partial charge in [0.15, 0.2) is 0 Å². The molecule has 1 aromatic heterocycles. The van der Waals surface area contributed by atoms with E-state index in [4.69, 9.17) is 4.42 Å². The van der Waals surface area contributed by atoms with Gasteiger partial charge in [-0.3, -0.25) is 4.90 Å². The Hall–Kier alpha value is -2.48. The summed E-state index contributed by atoms with van der Waals surface area (Å²) in [6, 6.07) is 13.4. The zero-order valence-electron chi connectivity index (χ0n) is 15.0. The molecule has 0 spiro atoms. The van der Waals surface area contributed by atoms with Gasteiger partial charge in [-0.05, 0) is 63.4 Å². The van der Waals surface area contributed by atoms with Crippen LogP contribution in [0.5, 0.6) is 0 Å². The fraction of sp³-hybridized carbons (Fsp3) is 0.273. The molecule has 2 heterocycles. The largest absolute Gasteiger partial charge is 0.445 e. The van der Waals surface area contributed by atoms with E-state index in [1.54, 1.807) is 0 Å². The van der Waals surface area contributed by atoms with Crippen molar-refractivity contribution in [1.29, 1.82) is 0 Å². The standard InChI is InChI=1S/C22H23NO/c1-13-6-7-20-18(10-13)12-19-11-17(5)24-22(19)23(20)21-15(3)8-14(2)9-16(21)4/h6-11H,12H2,1-5H3. The molecule has 0 atom stereocenters. The van der Waals surface area contributed by atoms with Crippen LogP contribution >= 0.6 is 0 Å². The molecule has 2 heteroatoms. The number of rotatable bonds is 1. The van der Waals surface area contributed by atoms with Crippen molar-refractivity contribution >= 4 is 17.3 Å². The maximum absolute atomic E-state index is 6.13. The molecule has 122 valence electrons. The third-order valence-corrected chi connectivity index (χ3v) is 4.83. The van der Waals surface area contributed by atoms with Crippen molar-refractivity contribution in [2.75, 3.05) is 4.90 Å². The minimum absolute atomic E-state index is 0.935. The number of nitrogens with zero attached hydrogens (tertiary/aromatic N) is 1. The molecule has 2 nitrogen and oxygen atoms in total. The molecule has 0 fully saturated rings. The first-order chi connectivity index (χ1) is 11.4. The minimum atomic E-state index is 0.935. The monoisotopic (exact) mass is 317 g/mol. The second-order valence-electron chi connectivity index (χ2n) is 7.08. The second kappa shape index (κ2) is 5.27. The molecule has 1 aliphatic heterocycles.